The molecule has 5 nitrogen and oxygen atoms in total. The van der Waals surface area contributed by atoms with Gasteiger partial charge in [-0.2, -0.15) is 10.1 Å². The predicted octanol–water partition coefficient (Wildman–Crippen LogP) is 4.09. The first-order valence-corrected chi connectivity index (χ1v) is 8.18. The molecule has 24 heavy (non-hydrogen) atoms. The molecule has 0 radical (unpaired) electrons. The van der Waals surface area contributed by atoms with Crippen LogP contribution in [0.5, 0.6) is 5.75 Å². The maximum atomic E-state index is 6.01. The highest BCUT2D eigenvalue weighted by atomic mass is 35.5. The Hall–Kier alpha value is -2.53. The van der Waals surface area contributed by atoms with Gasteiger partial charge in [-0.15, -0.1) is 0 Å². The van der Waals surface area contributed by atoms with Crippen LogP contribution in [0, 0.1) is 0 Å². The molecule has 2 atom stereocenters. The lowest BCUT2D eigenvalue weighted by molar-refractivity contribution is 0.406. The number of hydrogen-bond donors (Lipinski definition) is 1. The normalized spacial score (nSPS) is 19.4. The third kappa shape index (κ3) is 2.71. The zero-order valence-corrected chi connectivity index (χ0v) is 13.9. The van der Waals surface area contributed by atoms with Crippen molar-refractivity contribution in [3.63, 3.8) is 0 Å². The molecule has 0 aliphatic carbocycles. The Bertz CT molecular complexity index is 846. The Morgan fingerprint density at radius 1 is 1.17 bits per heavy atom. The molecule has 122 valence electrons. The lowest BCUT2D eigenvalue weighted by Crippen LogP contribution is -2.28. The third-order valence-electron chi connectivity index (χ3n) is 4.38. The summed E-state index contributed by atoms with van der Waals surface area (Å²) in [4.78, 5) is 4.35. The number of aromatic nitrogens is 3. The minimum absolute atomic E-state index is 0.0968. The maximum Gasteiger partial charge on any atom is 0.222 e. The molecule has 2 heterocycles. The molecule has 0 fully saturated rings. The fourth-order valence-corrected chi connectivity index (χ4v) is 3.29. The molecule has 0 spiro atoms. The molecule has 1 aliphatic heterocycles. The molecule has 2 aromatic carbocycles. The van der Waals surface area contributed by atoms with Gasteiger partial charge in [0.05, 0.1) is 19.2 Å². The number of hydrogen-bond acceptors (Lipinski definition) is 4. The van der Waals surface area contributed by atoms with Crippen LogP contribution in [0.15, 0.2) is 54.9 Å². The topological polar surface area (TPSA) is 52.0 Å². The Morgan fingerprint density at radius 3 is 2.79 bits per heavy atom. The fraction of sp³-hybridized carbons (Fsp3) is 0.222. The van der Waals surface area contributed by atoms with Crippen molar-refractivity contribution in [3.05, 3.63) is 71.0 Å². The van der Waals surface area contributed by atoms with Crippen molar-refractivity contribution < 1.29 is 4.74 Å². The summed E-state index contributed by atoms with van der Waals surface area (Å²) in [7, 11) is 1.68. The lowest BCUT2D eigenvalue weighted by atomic mass is 9.93. The highest BCUT2D eigenvalue weighted by Crippen LogP contribution is 2.38. The van der Waals surface area contributed by atoms with E-state index >= 15 is 0 Å². The largest absolute Gasteiger partial charge is 0.497 e. The summed E-state index contributed by atoms with van der Waals surface area (Å²) in [6, 6.07) is 16.3. The summed E-state index contributed by atoms with van der Waals surface area (Å²) in [5.74, 6) is 1.62. The van der Waals surface area contributed by atoms with Gasteiger partial charge in [0.1, 0.15) is 12.1 Å². The van der Waals surface area contributed by atoms with Crippen molar-refractivity contribution in [3.8, 4) is 5.75 Å². The second kappa shape index (κ2) is 6.17. The van der Waals surface area contributed by atoms with Crippen molar-refractivity contribution in [2.75, 3.05) is 12.4 Å². The van der Waals surface area contributed by atoms with Crippen LogP contribution in [0.4, 0.5) is 5.95 Å². The molecule has 0 bridgehead atoms. The van der Waals surface area contributed by atoms with E-state index in [-0.39, 0.29) is 12.1 Å². The van der Waals surface area contributed by atoms with Crippen molar-refractivity contribution in [1.82, 2.24) is 14.8 Å². The number of nitrogens with one attached hydrogen (secondary N) is 1. The van der Waals surface area contributed by atoms with E-state index in [0.29, 0.717) is 0 Å². The van der Waals surface area contributed by atoms with Crippen LogP contribution in [-0.4, -0.2) is 21.9 Å². The quantitative estimate of drug-likeness (QED) is 0.780. The van der Waals surface area contributed by atoms with E-state index in [0.717, 1.165) is 28.7 Å². The van der Waals surface area contributed by atoms with Crippen LogP contribution >= 0.6 is 11.6 Å². The molecule has 1 N–H and O–H groups in total. The van der Waals surface area contributed by atoms with E-state index in [9.17, 15) is 0 Å². The second-order valence-corrected chi connectivity index (χ2v) is 6.24. The van der Waals surface area contributed by atoms with Crippen molar-refractivity contribution >= 4 is 17.5 Å². The number of ether oxygens (including phenoxy) is 1. The molecule has 6 heteroatoms. The first kappa shape index (κ1) is 15.0. The first-order valence-electron chi connectivity index (χ1n) is 7.80. The molecular weight excluding hydrogens is 324 g/mol. The van der Waals surface area contributed by atoms with Crippen molar-refractivity contribution in [1.29, 1.82) is 0 Å². The zero-order chi connectivity index (χ0) is 16.5. The summed E-state index contributed by atoms with van der Waals surface area (Å²) in [6.07, 6.45) is 2.45. The van der Waals surface area contributed by atoms with Gasteiger partial charge in [-0.1, -0.05) is 35.9 Å². The van der Waals surface area contributed by atoms with Crippen molar-refractivity contribution in [2.45, 2.75) is 18.5 Å². The van der Waals surface area contributed by atoms with E-state index < -0.39 is 0 Å². The number of rotatable bonds is 3. The van der Waals surface area contributed by atoms with Gasteiger partial charge in [0, 0.05) is 5.02 Å². The Morgan fingerprint density at radius 2 is 2.00 bits per heavy atom. The molecule has 0 unspecified atom stereocenters. The minimum Gasteiger partial charge on any atom is -0.497 e. The smallest absolute Gasteiger partial charge is 0.222 e. The number of nitrogens with zero attached hydrogens (tertiary/aromatic N) is 3. The third-order valence-corrected chi connectivity index (χ3v) is 4.63. The van der Waals surface area contributed by atoms with Gasteiger partial charge in [-0.3, -0.25) is 0 Å². The Labute approximate surface area is 145 Å². The zero-order valence-electron chi connectivity index (χ0n) is 13.2. The number of benzene rings is 2. The molecule has 1 aromatic heterocycles. The summed E-state index contributed by atoms with van der Waals surface area (Å²) in [6.45, 7) is 0. The van der Waals surface area contributed by atoms with Crippen LogP contribution in [-0.2, 0) is 0 Å². The summed E-state index contributed by atoms with van der Waals surface area (Å²) in [5, 5.41) is 8.59. The van der Waals surface area contributed by atoms with Gasteiger partial charge < -0.3 is 10.1 Å². The fourth-order valence-electron chi connectivity index (χ4n) is 3.16. The van der Waals surface area contributed by atoms with E-state index in [4.69, 9.17) is 16.3 Å². The van der Waals surface area contributed by atoms with Crippen LogP contribution in [0.3, 0.4) is 0 Å². The number of fused-ring (bicyclic) bond motifs is 1. The van der Waals surface area contributed by atoms with Gasteiger partial charge in [-0.05, 0) is 41.8 Å². The molecule has 3 aromatic rings. The van der Waals surface area contributed by atoms with E-state index in [1.54, 1.807) is 13.4 Å². The number of anilines is 1. The lowest BCUT2D eigenvalue weighted by Gasteiger charge is -2.32. The number of halogens is 1. The summed E-state index contributed by atoms with van der Waals surface area (Å²) < 4.78 is 7.30. The van der Waals surface area contributed by atoms with Crippen LogP contribution < -0.4 is 10.1 Å². The molecule has 0 saturated heterocycles. The van der Waals surface area contributed by atoms with Crippen LogP contribution in [0.1, 0.15) is 29.6 Å². The van der Waals surface area contributed by atoms with Gasteiger partial charge in [0.2, 0.25) is 5.95 Å². The van der Waals surface area contributed by atoms with Gasteiger partial charge >= 0.3 is 0 Å². The highest BCUT2D eigenvalue weighted by Gasteiger charge is 2.30. The SMILES string of the molecule is COc1cccc([C@@H]2C[C@H](c3ccc(Cl)cc3)Nc3ncnn32)c1. The molecule has 0 saturated carbocycles. The highest BCUT2D eigenvalue weighted by molar-refractivity contribution is 6.30. The monoisotopic (exact) mass is 340 g/mol. The average Bonchev–Trinajstić information content (AvgIpc) is 3.10. The average molecular weight is 341 g/mol. The molecular formula is C18H17ClN4O. The van der Waals surface area contributed by atoms with Crippen LogP contribution in [0.25, 0.3) is 0 Å². The molecule has 1 aliphatic rings. The maximum absolute atomic E-state index is 6.01. The van der Waals surface area contributed by atoms with Gasteiger partial charge in [0.25, 0.3) is 0 Å². The van der Waals surface area contributed by atoms with Crippen molar-refractivity contribution in [2.24, 2.45) is 0 Å². The van der Waals surface area contributed by atoms with E-state index in [1.807, 2.05) is 28.9 Å². The Kier molecular flexibility index (Phi) is 3.86. The Balaban J connectivity index is 1.72. The second-order valence-electron chi connectivity index (χ2n) is 5.80. The van der Waals surface area contributed by atoms with Gasteiger partial charge in [-0.25, -0.2) is 4.68 Å². The van der Waals surface area contributed by atoms with E-state index in [1.165, 1.54) is 5.56 Å². The van der Waals surface area contributed by atoms with E-state index in [2.05, 4.69) is 39.7 Å². The minimum atomic E-state index is 0.0968. The first-order chi connectivity index (χ1) is 11.7. The summed E-state index contributed by atoms with van der Waals surface area (Å²) in [5.41, 5.74) is 2.34. The predicted molar refractivity (Wildman–Crippen MR) is 93.6 cm³/mol. The number of methoxy groups -OCH3 is 1. The summed E-state index contributed by atoms with van der Waals surface area (Å²) >= 11 is 6.01. The molecule has 4 rings (SSSR count). The van der Waals surface area contributed by atoms with Crippen LogP contribution in [0.2, 0.25) is 5.02 Å². The van der Waals surface area contributed by atoms with Gasteiger partial charge in [0.15, 0.2) is 0 Å². The molecule has 0 amide bonds. The standard InChI is InChI=1S/C18H17ClN4O/c1-24-15-4-2-3-13(9-15)17-10-16(12-5-7-14(19)8-6-12)22-18-20-11-21-23(17)18/h2-9,11,16-17H,10H2,1H3,(H,20,21,22)/t16-,17+/m1/s1.